The number of esters is 1. The van der Waals surface area contributed by atoms with E-state index >= 15 is 0 Å². The van der Waals surface area contributed by atoms with Crippen LogP contribution < -0.4 is 5.32 Å². The molecule has 1 amide bonds. The number of hydrogen-bond donors (Lipinski definition) is 1. The van der Waals surface area contributed by atoms with Crippen molar-refractivity contribution in [2.45, 2.75) is 44.6 Å². The lowest BCUT2D eigenvalue weighted by atomic mass is 10.1. The molecular weight excluding hydrogens is 273 g/mol. The van der Waals surface area contributed by atoms with Gasteiger partial charge in [-0.05, 0) is 37.1 Å². The van der Waals surface area contributed by atoms with Gasteiger partial charge in [-0.3, -0.25) is 4.79 Å². The van der Waals surface area contributed by atoms with Crippen LogP contribution in [0, 0.1) is 5.82 Å². The Bertz CT molecular complexity index is 479. The minimum Gasteiger partial charge on any atom is -0.452 e. The van der Waals surface area contributed by atoms with Gasteiger partial charge in [-0.15, -0.1) is 0 Å². The Morgan fingerprint density at radius 1 is 1.10 bits per heavy atom. The SMILES string of the molecule is O=C(COC(=O)c1ccc(F)cc1)NC1CCCCCC1. The number of benzene rings is 1. The number of amides is 1. The summed E-state index contributed by atoms with van der Waals surface area (Å²) in [7, 11) is 0. The molecule has 0 aliphatic heterocycles. The van der Waals surface area contributed by atoms with Gasteiger partial charge in [-0.1, -0.05) is 25.7 Å². The van der Waals surface area contributed by atoms with Gasteiger partial charge in [0.1, 0.15) is 5.82 Å². The van der Waals surface area contributed by atoms with Crippen LogP contribution in [0.3, 0.4) is 0 Å². The fraction of sp³-hybridized carbons (Fsp3) is 0.500. The third kappa shape index (κ3) is 5.17. The van der Waals surface area contributed by atoms with Crippen molar-refractivity contribution in [3.8, 4) is 0 Å². The first-order valence-electron chi connectivity index (χ1n) is 7.37. The van der Waals surface area contributed by atoms with Crippen molar-refractivity contribution in [2.75, 3.05) is 6.61 Å². The van der Waals surface area contributed by atoms with Crippen LogP contribution in [0.4, 0.5) is 4.39 Å². The average molecular weight is 293 g/mol. The highest BCUT2D eigenvalue weighted by Gasteiger charge is 2.16. The lowest BCUT2D eigenvalue weighted by molar-refractivity contribution is -0.125. The Kier molecular flexibility index (Phi) is 5.72. The molecule has 4 nitrogen and oxygen atoms in total. The summed E-state index contributed by atoms with van der Waals surface area (Å²) in [5.74, 6) is -1.32. The first-order chi connectivity index (χ1) is 10.1. The monoisotopic (exact) mass is 293 g/mol. The van der Waals surface area contributed by atoms with Crippen molar-refractivity contribution >= 4 is 11.9 Å². The summed E-state index contributed by atoms with van der Waals surface area (Å²) in [5.41, 5.74) is 0.235. The number of carbonyl (C=O) groups excluding carboxylic acids is 2. The number of carbonyl (C=O) groups is 2. The molecule has 0 unspecified atom stereocenters. The molecule has 1 aliphatic carbocycles. The van der Waals surface area contributed by atoms with E-state index in [1.165, 1.54) is 37.1 Å². The largest absolute Gasteiger partial charge is 0.452 e. The van der Waals surface area contributed by atoms with E-state index in [1.54, 1.807) is 0 Å². The van der Waals surface area contributed by atoms with E-state index in [1.807, 2.05) is 0 Å². The molecule has 0 radical (unpaired) electrons. The summed E-state index contributed by atoms with van der Waals surface area (Å²) in [5, 5.41) is 2.90. The Morgan fingerprint density at radius 3 is 2.33 bits per heavy atom. The van der Waals surface area contributed by atoms with Crippen molar-refractivity contribution in [1.82, 2.24) is 5.32 Å². The van der Waals surface area contributed by atoms with Gasteiger partial charge in [0.15, 0.2) is 6.61 Å². The summed E-state index contributed by atoms with van der Waals surface area (Å²) in [6.45, 7) is -0.299. The highest BCUT2D eigenvalue weighted by molar-refractivity contribution is 5.91. The van der Waals surface area contributed by atoms with Crippen LogP contribution >= 0.6 is 0 Å². The maximum atomic E-state index is 12.7. The molecule has 0 saturated heterocycles. The van der Waals surface area contributed by atoms with Gasteiger partial charge in [-0.2, -0.15) is 0 Å². The maximum absolute atomic E-state index is 12.7. The Morgan fingerprint density at radius 2 is 1.71 bits per heavy atom. The first-order valence-corrected chi connectivity index (χ1v) is 7.37. The molecule has 5 heteroatoms. The maximum Gasteiger partial charge on any atom is 0.338 e. The second-order valence-corrected chi connectivity index (χ2v) is 5.34. The van der Waals surface area contributed by atoms with Gasteiger partial charge < -0.3 is 10.1 Å². The molecule has 1 aliphatic rings. The molecule has 0 spiro atoms. The van der Waals surface area contributed by atoms with Crippen molar-refractivity contribution < 1.29 is 18.7 Å². The number of hydrogen-bond acceptors (Lipinski definition) is 3. The van der Waals surface area contributed by atoms with Crippen molar-refractivity contribution in [3.05, 3.63) is 35.6 Å². The van der Waals surface area contributed by atoms with E-state index in [9.17, 15) is 14.0 Å². The van der Waals surface area contributed by atoms with Crippen molar-refractivity contribution in [1.29, 1.82) is 0 Å². The zero-order valence-corrected chi connectivity index (χ0v) is 11.9. The zero-order valence-electron chi connectivity index (χ0n) is 11.9. The number of halogens is 1. The van der Waals surface area contributed by atoms with Gasteiger partial charge in [0.2, 0.25) is 0 Å². The van der Waals surface area contributed by atoms with E-state index in [2.05, 4.69) is 5.32 Å². The topological polar surface area (TPSA) is 55.4 Å². The Labute approximate surface area is 123 Å². The summed E-state index contributed by atoms with van der Waals surface area (Å²) in [6, 6.07) is 5.22. The smallest absolute Gasteiger partial charge is 0.338 e. The van der Waals surface area contributed by atoms with Crippen LogP contribution in [-0.4, -0.2) is 24.5 Å². The van der Waals surface area contributed by atoms with Crippen LogP contribution in [0.5, 0.6) is 0 Å². The minimum atomic E-state index is -0.619. The highest BCUT2D eigenvalue weighted by atomic mass is 19.1. The summed E-state index contributed by atoms with van der Waals surface area (Å²) in [4.78, 5) is 23.4. The second kappa shape index (κ2) is 7.76. The molecule has 1 aromatic rings. The Hall–Kier alpha value is -1.91. The molecule has 1 fully saturated rings. The third-order valence-corrected chi connectivity index (χ3v) is 3.63. The highest BCUT2D eigenvalue weighted by Crippen LogP contribution is 2.17. The van der Waals surface area contributed by atoms with Gasteiger partial charge in [-0.25, -0.2) is 9.18 Å². The molecule has 0 heterocycles. The van der Waals surface area contributed by atoms with E-state index in [4.69, 9.17) is 4.74 Å². The van der Waals surface area contributed by atoms with Crippen LogP contribution in [0.25, 0.3) is 0 Å². The first kappa shape index (κ1) is 15.5. The van der Waals surface area contributed by atoms with Crippen LogP contribution in [0.15, 0.2) is 24.3 Å². The fourth-order valence-corrected chi connectivity index (χ4v) is 2.49. The van der Waals surface area contributed by atoms with Gasteiger partial charge >= 0.3 is 5.97 Å². The number of ether oxygens (including phenoxy) is 1. The van der Waals surface area contributed by atoms with E-state index in [0.717, 1.165) is 25.7 Å². The van der Waals surface area contributed by atoms with Crippen molar-refractivity contribution in [3.63, 3.8) is 0 Å². The molecule has 114 valence electrons. The standard InChI is InChI=1S/C16H20FNO3/c17-13-9-7-12(8-10-13)16(20)21-11-15(19)18-14-5-3-1-2-4-6-14/h7-10,14H,1-6,11H2,(H,18,19). The predicted octanol–water partition coefficient (Wildman–Crippen LogP) is 2.82. The van der Waals surface area contributed by atoms with Gasteiger partial charge in [0.25, 0.3) is 5.91 Å². The molecule has 0 bridgehead atoms. The Balaban J connectivity index is 1.75. The predicted molar refractivity (Wildman–Crippen MR) is 76.3 cm³/mol. The molecule has 1 N–H and O–H groups in total. The molecule has 21 heavy (non-hydrogen) atoms. The van der Waals surface area contributed by atoms with Crippen LogP contribution in [0.2, 0.25) is 0 Å². The molecule has 0 atom stereocenters. The number of nitrogens with one attached hydrogen (secondary N) is 1. The lowest BCUT2D eigenvalue weighted by Gasteiger charge is -2.16. The normalized spacial score (nSPS) is 16.0. The van der Waals surface area contributed by atoms with Gasteiger partial charge in [0, 0.05) is 6.04 Å². The zero-order chi connectivity index (χ0) is 15.1. The van der Waals surface area contributed by atoms with Crippen LogP contribution in [-0.2, 0) is 9.53 Å². The number of rotatable bonds is 4. The average Bonchev–Trinajstić information content (AvgIpc) is 2.74. The lowest BCUT2D eigenvalue weighted by Crippen LogP contribution is -2.37. The third-order valence-electron chi connectivity index (χ3n) is 3.63. The molecule has 2 rings (SSSR count). The van der Waals surface area contributed by atoms with E-state index in [-0.39, 0.29) is 24.1 Å². The van der Waals surface area contributed by atoms with Gasteiger partial charge in [0.05, 0.1) is 5.56 Å². The quantitative estimate of drug-likeness (QED) is 0.686. The van der Waals surface area contributed by atoms with Crippen LogP contribution in [0.1, 0.15) is 48.9 Å². The molecule has 1 aromatic carbocycles. The second-order valence-electron chi connectivity index (χ2n) is 5.34. The summed E-state index contributed by atoms with van der Waals surface area (Å²) >= 11 is 0. The molecular formula is C16H20FNO3. The molecule has 0 aromatic heterocycles. The van der Waals surface area contributed by atoms with E-state index < -0.39 is 11.8 Å². The minimum absolute atomic E-state index is 0.185. The molecule has 1 saturated carbocycles. The fourth-order valence-electron chi connectivity index (χ4n) is 2.49. The summed E-state index contributed by atoms with van der Waals surface area (Å²) in [6.07, 6.45) is 6.65. The van der Waals surface area contributed by atoms with E-state index in [0.29, 0.717) is 0 Å². The summed E-state index contributed by atoms with van der Waals surface area (Å²) < 4.78 is 17.7. The van der Waals surface area contributed by atoms with Crippen molar-refractivity contribution in [2.24, 2.45) is 0 Å².